The molecule has 0 heterocycles. The Balaban J connectivity index is 2.39. The molecule has 0 radical (unpaired) electrons. The standard InChI is InChI=1S/C13H8Cl4O/c14-7-8-2-1-3-12(17)13(8)18-11-5-9(15)4-10(16)6-11/h1-6H,7H2. The summed E-state index contributed by atoms with van der Waals surface area (Å²) in [6.45, 7) is 0. The lowest BCUT2D eigenvalue weighted by Crippen LogP contribution is -1.90. The Bertz CT molecular complexity index is 549. The van der Waals surface area contributed by atoms with Gasteiger partial charge in [-0.1, -0.05) is 46.9 Å². The second-order valence-electron chi connectivity index (χ2n) is 3.57. The summed E-state index contributed by atoms with van der Waals surface area (Å²) in [6, 6.07) is 10.4. The van der Waals surface area contributed by atoms with E-state index in [2.05, 4.69) is 0 Å². The Morgan fingerprint density at radius 1 is 0.944 bits per heavy atom. The van der Waals surface area contributed by atoms with Crippen LogP contribution in [0.25, 0.3) is 0 Å². The molecule has 0 aliphatic carbocycles. The van der Waals surface area contributed by atoms with Crippen LogP contribution in [-0.4, -0.2) is 0 Å². The van der Waals surface area contributed by atoms with Crippen molar-refractivity contribution in [3.05, 3.63) is 57.0 Å². The molecule has 0 spiro atoms. The van der Waals surface area contributed by atoms with E-state index in [-0.39, 0.29) is 0 Å². The van der Waals surface area contributed by atoms with Gasteiger partial charge < -0.3 is 4.74 Å². The van der Waals surface area contributed by atoms with Crippen LogP contribution in [0.1, 0.15) is 5.56 Å². The predicted molar refractivity (Wildman–Crippen MR) is 77.5 cm³/mol. The van der Waals surface area contributed by atoms with Crippen molar-refractivity contribution >= 4 is 46.4 Å². The van der Waals surface area contributed by atoms with Gasteiger partial charge in [0.1, 0.15) is 11.5 Å². The van der Waals surface area contributed by atoms with E-state index >= 15 is 0 Å². The molecule has 0 unspecified atom stereocenters. The lowest BCUT2D eigenvalue weighted by Gasteiger charge is -2.11. The number of halogens is 4. The van der Waals surface area contributed by atoms with E-state index in [1.807, 2.05) is 12.1 Å². The summed E-state index contributed by atoms with van der Waals surface area (Å²) in [6.07, 6.45) is 0. The molecule has 94 valence electrons. The summed E-state index contributed by atoms with van der Waals surface area (Å²) in [7, 11) is 0. The van der Waals surface area contributed by atoms with E-state index in [0.29, 0.717) is 32.4 Å². The lowest BCUT2D eigenvalue weighted by molar-refractivity contribution is 0.478. The Morgan fingerprint density at radius 3 is 2.22 bits per heavy atom. The van der Waals surface area contributed by atoms with Crippen molar-refractivity contribution in [3.63, 3.8) is 0 Å². The van der Waals surface area contributed by atoms with Gasteiger partial charge in [0.05, 0.1) is 10.9 Å². The zero-order valence-corrected chi connectivity index (χ0v) is 12.1. The number of hydrogen-bond donors (Lipinski definition) is 0. The number of ether oxygens (including phenoxy) is 1. The minimum atomic E-state index is 0.310. The third-order valence-corrected chi connectivity index (χ3v) is 3.27. The average molecular weight is 322 g/mol. The van der Waals surface area contributed by atoms with E-state index in [1.165, 1.54) is 0 Å². The zero-order valence-electron chi connectivity index (χ0n) is 9.09. The minimum absolute atomic E-state index is 0.310. The van der Waals surface area contributed by atoms with Gasteiger partial charge in [-0.15, -0.1) is 11.6 Å². The molecule has 18 heavy (non-hydrogen) atoms. The minimum Gasteiger partial charge on any atom is -0.455 e. The van der Waals surface area contributed by atoms with Crippen molar-refractivity contribution in [2.75, 3.05) is 0 Å². The smallest absolute Gasteiger partial charge is 0.150 e. The molecule has 0 N–H and O–H groups in total. The van der Waals surface area contributed by atoms with Crippen LogP contribution in [0, 0.1) is 0 Å². The number of para-hydroxylation sites is 1. The number of benzene rings is 2. The van der Waals surface area contributed by atoms with Crippen molar-refractivity contribution < 1.29 is 4.74 Å². The van der Waals surface area contributed by atoms with Gasteiger partial charge in [-0.05, 0) is 24.3 Å². The molecule has 2 aromatic carbocycles. The van der Waals surface area contributed by atoms with Crippen LogP contribution in [0.2, 0.25) is 15.1 Å². The molecule has 2 aromatic rings. The highest BCUT2D eigenvalue weighted by Gasteiger charge is 2.09. The Labute approximate surface area is 125 Å². The van der Waals surface area contributed by atoms with E-state index in [9.17, 15) is 0 Å². The van der Waals surface area contributed by atoms with Crippen molar-refractivity contribution in [2.45, 2.75) is 5.88 Å². The summed E-state index contributed by atoms with van der Waals surface area (Å²) >= 11 is 23.7. The number of alkyl halides is 1. The fraction of sp³-hybridized carbons (Fsp3) is 0.0769. The first kappa shape index (κ1) is 13.8. The quantitative estimate of drug-likeness (QED) is 0.613. The summed E-state index contributed by atoms with van der Waals surface area (Å²) in [5.74, 6) is 1.35. The summed E-state index contributed by atoms with van der Waals surface area (Å²) in [5, 5.41) is 1.48. The summed E-state index contributed by atoms with van der Waals surface area (Å²) in [5.41, 5.74) is 0.806. The van der Waals surface area contributed by atoms with E-state index in [1.54, 1.807) is 24.3 Å². The molecule has 1 nitrogen and oxygen atoms in total. The highest BCUT2D eigenvalue weighted by molar-refractivity contribution is 6.35. The average Bonchev–Trinajstić information content (AvgIpc) is 2.30. The number of rotatable bonds is 3. The topological polar surface area (TPSA) is 9.23 Å². The summed E-state index contributed by atoms with van der Waals surface area (Å²) in [4.78, 5) is 0. The molecular formula is C13H8Cl4O. The number of hydrogen-bond acceptors (Lipinski definition) is 1. The highest BCUT2D eigenvalue weighted by atomic mass is 35.5. The van der Waals surface area contributed by atoms with Gasteiger partial charge >= 0.3 is 0 Å². The largest absolute Gasteiger partial charge is 0.455 e. The normalized spacial score (nSPS) is 10.4. The molecule has 0 aliphatic rings. The van der Waals surface area contributed by atoms with Crippen LogP contribution in [-0.2, 0) is 5.88 Å². The third-order valence-electron chi connectivity index (χ3n) is 2.25. The van der Waals surface area contributed by atoms with Crippen LogP contribution < -0.4 is 4.74 Å². The summed E-state index contributed by atoms with van der Waals surface area (Å²) < 4.78 is 5.71. The Hall–Kier alpha value is -0.600. The van der Waals surface area contributed by atoms with E-state index in [0.717, 1.165) is 5.56 Å². The van der Waals surface area contributed by atoms with Gasteiger partial charge in [0, 0.05) is 15.6 Å². The monoisotopic (exact) mass is 320 g/mol. The zero-order chi connectivity index (χ0) is 13.1. The fourth-order valence-electron chi connectivity index (χ4n) is 1.48. The molecule has 0 amide bonds. The second-order valence-corrected chi connectivity index (χ2v) is 5.12. The predicted octanol–water partition coefficient (Wildman–Crippen LogP) is 6.18. The van der Waals surface area contributed by atoms with Crippen LogP contribution in [0.15, 0.2) is 36.4 Å². The maximum atomic E-state index is 6.09. The fourth-order valence-corrected chi connectivity index (χ4v) is 2.43. The Morgan fingerprint density at radius 2 is 1.61 bits per heavy atom. The van der Waals surface area contributed by atoms with Crippen LogP contribution in [0.5, 0.6) is 11.5 Å². The molecule has 0 fully saturated rings. The van der Waals surface area contributed by atoms with Crippen LogP contribution in [0.4, 0.5) is 0 Å². The van der Waals surface area contributed by atoms with Crippen molar-refractivity contribution in [3.8, 4) is 11.5 Å². The molecular weight excluding hydrogens is 314 g/mol. The lowest BCUT2D eigenvalue weighted by atomic mass is 10.2. The van der Waals surface area contributed by atoms with E-state index in [4.69, 9.17) is 51.1 Å². The maximum absolute atomic E-state index is 6.09. The molecule has 0 aliphatic heterocycles. The van der Waals surface area contributed by atoms with E-state index < -0.39 is 0 Å². The third kappa shape index (κ3) is 3.24. The van der Waals surface area contributed by atoms with Crippen molar-refractivity contribution in [2.24, 2.45) is 0 Å². The highest BCUT2D eigenvalue weighted by Crippen LogP contribution is 2.35. The maximum Gasteiger partial charge on any atom is 0.150 e. The van der Waals surface area contributed by atoms with Gasteiger partial charge in [-0.3, -0.25) is 0 Å². The molecule has 0 bridgehead atoms. The molecule has 5 heteroatoms. The molecule has 2 rings (SSSR count). The van der Waals surface area contributed by atoms with Gasteiger partial charge in [0.25, 0.3) is 0 Å². The second kappa shape index (κ2) is 6.03. The van der Waals surface area contributed by atoms with Crippen molar-refractivity contribution in [1.82, 2.24) is 0 Å². The molecule has 0 aromatic heterocycles. The first-order valence-corrected chi connectivity index (χ1v) is 6.74. The SMILES string of the molecule is ClCc1cccc(Cl)c1Oc1cc(Cl)cc(Cl)c1. The van der Waals surface area contributed by atoms with Gasteiger partial charge in [-0.25, -0.2) is 0 Å². The van der Waals surface area contributed by atoms with Gasteiger partial charge in [0.2, 0.25) is 0 Å². The van der Waals surface area contributed by atoms with Gasteiger partial charge in [-0.2, -0.15) is 0 Å². The van der Waals surface area contributed by atoms with Crippen LogP contribution in [0.3, 0.4) is 0 Å². The molecule has 0 atom stereocenters. The molecule has 0 saturated carbocycles. The molecule has 0 saturated heterocycles. The van der Waals surface area contributed by atoms with Crippen LogP contribution >= 0.6 is 46.4 Å². The first-order chi connectivity index (χ1) is 8.60. The van der Waals surface area contributed by atoms with Gasteiger partial charge in [0.15, 0.2) is 0 Å². The van der Waals surface area contributed by atoms with Crippen molar-refractivity contribution in [1.29, 1.82) is 0 Å². The first-order valence-electron chi connectivity index (χ1n) is 5.07. The Kier molecular flexibility index (Phi) is 4.63.